The van der Waals surface area contributed by atoms with Gasteiger partial charge in [0.15, 0.2) is 5.16 Å². The van der Waals surface area contributed by atoms with E-state index in [9.17, 15) is 4.79 Å². The summed E-state index contributed by atoms with van der Waals surface area (Å²) in [6.45, 7) is 6.24. The van der Waals surface area contributed by atoms with Gasteiger partial charge in [-0.15, -0.1) is 0 Å². The molecule has 4 rings (SSSR count). The first-order chi connectivity index (χ1) is 16.6. The van der Waals surface area contributed by atoms with Gasteiger partial charge in [0.05, 0.1) is 0 Å². The maximum absolute atomic E-state index is 12.6. The van der Waals surface area contributed by atoms with Crippen LogP contribution in [0.15, 0.2) is 60.1 Å². The lowest BCUT2D eigenvalue weighted by atomic mass is 10.2. The van der Waals surface area contributed by atoms with E-state index in [-0.39, 0.29) is 6.09 Å². The van der Waals surface area contributed by atoms with Crippen LogP contribution < -0.4 is 4.74 Å². The van der Waals surface area contributed by atoms with Crippen LogP contribution in [0, 0.1) is 6.92 Å². The number of benzene rings is 1. The van der Waals surface area contributed by atoms with E-state index in [4.69, 9.17) is 4.74 Å². The molecule has 0 bridgehead atoms. The molecule has 1 aromatic carbocycles. The molecule has 1 fully saturated rings. The van der Waals surface area contributed by atoms with E-state index in [1.54, 1.807) is 16.7 Å². The zero-order valence-electron chi connectivity index (χ0n) is 20.0. The van der Waals surface area contributed by atoms with Crippen molar-refractivity contribution in [1.29, 1.82) is 0 Å². The van der Waals surface area contributed by atoms with Gasteiger partial charge in [-0.05, 0) is 62.1 Å². The molecule has 1 saturated heterocycles. The Hall–Kier alpha value is -2.84. The Labute approximate surface area is 206 Å². The van der Waals surface area contributed by atoms with Crippen molar-refractivity contribution in [3.63, 3.8) is 0 Å². The van der Waals surface area contributed by atoms with E-state index < -0.39 is 0 Å². The number of carbonyl (C=O) groups is 1. The zero-order chi connectivity index (χ0) is 23.8. The fraction of sp³-hybridized carbons (Fsp3) is 0.423. The van der Waals surface area contributed by atoms with Gasteiger partial charge in [-0.25, -0.2) is 9.78 Å². The van der Waals surface area contributed by atoms with Crippen LogP contribution in [0.1, 0.15) is 23.2 Å². The second-order valence-corrected chi connectivity index (χ2v) is 9.75. The molecule has 180 valence electrons. The van der Waals surface area contributed by atoms with Gasteiger partial charge in [0.2, 0.25) is 0 Å². The number of carbonyl (C=O) groups excluding carboxylic acids is 1. The Morgan fingerprint density at radius 1 is 1.03 bits per heavy atom. The van der Waals surface area contributed by atoms with Gasteiger partial charge >= 0.3 is 6.09 Å². The van der Waals surface area contributed by atoms with Crippen LogP contribution in [0.5, 0.6) is 5.75 Å². The van der Waals surface area contributed by atoms with Crippen molar-refractivity contribution in [1.82, 2.24) is 24.3 Å². The van der Waals surface area contributed by atoms with Crippen molar-refractivity contribution in [3.8, 4) is 5.75 Å². The molecule has 34 heavy (non-hydrogen) atoms. The van der Waals surface area contributed by atoms with Crippen LogP contribution in [0.25, 0.3) is 0 Å². The minimum absolute atomic E-state index is 0.262. The van der Waals surface area contributed by atoms with Crippen molar-refractivity contribution in [2.24, 2.45) is 7.05 Å². The number of aromatic nitrogens is 3. The topological polar surface area (TPSA) is 63.5 Å². The van der Waals surface area contributed by atoms with E-state index in [2.05, 4.69) is 33.9 Å². The number of aryl methyl sites for hydroxylation is 4. The first-order valence-corrected chi connectivity index (χ1v) is 12.8. The molecule has 0 atom stereocenters. The highest BCUT2D eigenvalue weighted by molar-refractivity contribution is 7.99. The lowest BCUT2D eigenvalue weighted by Gasteiger charge is -2.34. The largest absolute Gasteiger partial charge is 0.415 e. The van der Waals surface area contributed by atoms with Gasteiger partial charge < -0.3 is 14.2 Å². The fourth-order valence-electron chi connectivity index (χ4n) is 3.92. The molecule has 0 aliphatic carbocycles. The molecular weight excluding hydrogens is 446 g/mol. The average molecular weight is 480 g/mol. The third-order valence-corrected chi connectivity index (χ3v) is 7.10. The Kier molecular flexibility index (Phi) is 8.60. The summed E-state index contributed by atoms with van der Waals surface area (Å²) in [6, 6.07) is 12.0. The molecule has 0 radical (unpaired) electrons. The molecule has 0 spiro atoms. The maximum atomic E-state index is 12.6. The van der Waals surface area contributed by atoms with Crippen LogP contribution in [-0.4, -0.2) is 68.9 Å². The van der Waals surface area contributed by atoms with Gasteiger partial charge in [0.1, 0.15) is 5.75 Å². The lowest BCUT2D eigenvalue weighted by molar-refractivity contribution is 0.110. The number of nitrogens with zero attached hydrogens (tertiary/aromatic N) is 5. The molecular formula is C26H33N5O2S. The van der Waals surface area contributed by atoms with Gasteiger partial charge in [0, 0.05) is 63.3 Å². The van der Waals surface area contributed by atoms with Crippen LogP contribution in [-0.2, 0) is 19.9 Å². The van der Waals surface area contributed by atoms with Crippen molar-refractivity contribution in [2.75, 3.05) is 38.5 Å². The van der Waals surface area contributed by atoms with Crippen LogP contribution in [0.3, 0.4) is 0 Å². The molecule has 7 nitrogen and oxygen atoms in total. The van der Waals surface area contributed by atoms with E-state index in [1.807, 2.05) is 54.5 Å². The van der Waals surface area contributed by atoms with Crippen molar-refractivity contribution in [3.05, 3.63) is 71.8 Å². The first kappa shape index (κ1) is 24.3. The summed E-state index contributed by atoms with van der Waals surface area (Å²) in [6.07, 6.45) is 8.43. The van der Waals surface area contributed by atoms with E-state index >= 15 is 0 Å². The van der Waals surface area contributed by atoms with Crippen molar-refractivity contribution >= 4 is 17.9 Å². The number of amides is 1. The Bertz CT molecular complexity index is 1040. The highest BCUT2D eigenvalue weighted by Crippen LogP contribution is 2.19. The van der Waals surface area contributed by atoms with E-state index in [0.717, 1.165) is 55.5 Å². The number of hydrogen-bond donors (Lipinski definition) is 0. The Morgan fingerprint density at radius 2 is 1.82 bits per heavy atom. The molecule has 1 amide bonds. The Morgan fingerprint density at radius 3 is 2.50 bits per heavy atom. The molecule has 0 saturated carbocycles. The normalized spacial score (nSPS) is 14.4. The lowest BCUT2D eigenvalue weighted by Crippen LogP contribution is -2.49. The molecule has 0 N–H and O–H groups in total. The van der Waals surface area contributed by atoms with Gasteiger partial charge in [-0.3, -0.25) is 9.88 Å². The number of ether oxygens (including phenoxy) is 1. The fourth-order valence-corrected chi connectivity index (χ4v) is 4.85. The second kappa shape index (κ2) is 12.0. The van der Waals surface area contributed by atoms with Crippen molar-refractivity contribution < 1.29 is 9.53 Å². The van der Waals surface area contributed by atoms with Crippen molar-refractivity contribution in [2.45, 2.75) is 31.3 Å². The summed E-state index contributed by atoms with van der Waals surface area (Å²) in [5, 5.41) is 1.02. The maximum Gasteiger partial charge on any atom is 0.415 e. The summed E-state index contributed by atoms with van der Waals surface area (Å²) in [5.74, 6) is 1.55. The van der Waals surface area contributed by atoms with E-state index in [0.29, 0.717) is 18.8 Å². The van der Waals surface area contributed by atoms with Gasteiger partial charge in [-0.1, -0.05) is 30.0 Å². The van der Waals surface area contributed by atoms with Crippen LogP contribution in [0.4, 0.5) is 4.79 Å². The zero-order valence-corrected chi connectivity index (χ0v) is 20.8. The monoisotopic (exact) mass is 479 g/mol. The number of pyridine rings is 1. The predicted octanol–water partition coefficient (Wildman–Crippen LogP) is 4.21. The molecule has 2 aromatic heterocycles. The minimum Gasteiger partial charge on any atom is -0.410 e. The minimum atomic E-state index is -0.262. The van der Waals surface area contributed by atoms with Crippen LogP contribution in [0.2, 0.25) is 0 Å². The molecule has 1 aliphatic heterocycles. The highest BCUT2D eigenvalue weighted by atomic mass is 32.2. The number of rotatable bonds is 9. The first-order valence-electron chi connectivity index (χ1n) is 11.9. The molecule has 0 unspecified atom stereocenters. The molecule has 1 aliphatic rings. The third-order valence-electron chi connectivity index (χ3n) is 6.04. The SMILES string of the molecule is Cc1ccc(CCCN2CCN(C(=O)Oc3ccc(CCSc4nccn4C)cc3)CC2)nc1. The molecule has 3 heterocycles. The standard InChI is InChI=1S/C26H33N5O2S/c1-21-5-8-23(28-20-21)4-3-13-30-15-17-31(18-16-30)26(32)33-24-9-6-22(7-10-24)11-19-34-25-27-12-14-29(25)2/h5-10,12,14,20H,3-4,11,13,15-19H2,1-2H3. The van der Waals surface area contributed by atoms with Crippen LogP contribution >= 0.6 is 11.8 Å². The highest BCUT2D eigenvalue weighted by Gasteiger charge is 2.22. The number of hydrogen-bond acceptors (Lipinski definition) is 6. The number of thioether (sulfide) groups is 1. The summed E-state index contributed by atoms with van der Waals surface area (Å²) in [4.78, 5) is 25.6. The average Bonchev–Trinajstić information content (AvgIpc) is 3.26. The summed E-state index contributed by atoms with van der Waals surface area (Å²) in [7, 11) is 2.00. The molecule has 3 aromatic rings. The van der Waals surface area contributed by atoms with Gasteiger partial charge in [-0.2, -0.15) is 0 Å². The number of imidazole rings is 1. The smallest absolute Gasteiger partial charge is 0.410 e. The van der Waals surface area contributed by atoms with E-state index in [1.165, 1.54) is 11.1 Å². The summed E-state index contributed by atoms with van der Waals surface area (Å²) >= 11 is 1.74. The summed E-state index contributed by atoms with van der Waals surface area (Å²) in [5.41, 5.74) is 3.56. The quantitative estimate of drug-likeness (QED) is 0.429. The summed E-state index contributed by atoms with van der Waals surface area (Å²) < 4.78 is 7.64. The Balaban J connectivity index is 1.13. The number of piperazine rings is 1. The molecule has 8 heteroatoms. The predicted molar refractivity (Wildman–Crippen MR) is 135 cm³/mol. The third kappa shape index (κ3) is 7.08. The van der Waals surface area contributed by atoms with Gasteiger partial charge in [0.25, 0.3) is 0 Å². The second-order valence-electron chi connectivity index (χ2n) is 8.69.